The maximum atomic E-state index is 8.92. The van der Waals surface area contributed by atoms with Crippen LogP contribution in [0.15, 0.2) is 65.8 Å². The third-order valence-electron chi connectivity index (χ3n) is 3.40. The Morgan fingerprint density at radius 3 is 2.73 bits per heavy atom. The van der Waals surface area contributed by atoms with Crippen LogP contribution in [-0.4, -0.2) is 11.4 Å². The number of rotatable bonds is 4. The van der Waals surface area contributed by atoms with Gasteiger partial charge < -0.3 is 9.94 Å². The van der Waals surface area contributed by atoms with E-state index in [9.17, 15) is 0 Å². The summed E-state index contributed by atoms with van der Waals surface area (Å²) < 4.78 is 5.88. The lowest BCUT2D eigenvalue weighted by Crippen LogP contribution is -1.99. The SMILES string of the molecule is O/N=C\c1c(OCc2cccc(Cl)c2)ccc2ccccc12. The number of hydrogen-bond donors (Lipinski definition) is 1. The monoisotopic (exact) mass is 311 g/mol. The predicted molar refractivity (Wildman–Crippen MR) is 89.1 cm³/mol. The maximum absolute atomic E-state index is 8.92. The van der Waals surface area contributed by atoms with E-state index in [2.05, 4.69) is 5.16 Å². The minimum Gasteiger partial charge on any atom is -0.488 e. The Hall–Kier alpha value is -2.52. The van der Waals surface area contributed by atoms with E-state index >= 15 is 0 Å². The van der Waals surface area contributed by atoms with Crippen molar-refractivity contribution in [3.8, 4) is 5.75 Å². The van der Waals surface area contributed by atoms with Crippen LogP contribution in [-0.2, 0) is 6.61 Å². The summed E-state index contributed by atoms with van der Waals surface area (Å²) in [5, 5.41) is 14.8. The lowest BCUT2D eigenvalue weighted by molar-refractivity contribution is 0.304. The lowest BCUT2D eigenvalue weighted by atomic mass is 10.0. The van der Waals surface area contributed by atoms with Crippen molar-refractivity contribution in [3.05, 3.63) is 76.8 Å². The van der Waals surface area contributed by atoms with Gasteiger partial charge in [-0.3, -0.25) is 0 Å². The fourth-order valence-corrected chi connectivity index (χ4v) is 2.59. The predicted octanol–water partition coefficient (Wildman–Crippen LogP) is 4.88. The van der Waals surface area contributed by atoms with Crippen LogP contribution >= 0.6 is 11.6 Å². The van der Waals surface area contributed by atoms with E-state index in [0.717, 1.165) is 21.9 Å². The van der Waals surface area contributed by atoms with Crippen LogP contribution < -0.4 is 4.74 Å². The molecule has 0 aliphatic carbocycles. The first-order valence-electron chi connectivity index (χ1n) is 6.84. The fourth-order valence-electron chi connectivity index (χ4n) is 2.38. The molecule has 1 N–H and O–H groups in total. The zero-order valence-electron chi connectivity index (χ0n) is 11.7. The van der Waals surface area contributed by atoms with Crippen molar-refractivity contribution in [1.29, 1.82) is 0 Å². The summed E-state index contributed by atoms with van der Waals surface area (Å²) in [6, 6.07) is 19.3. The summed E-state index contributed by atoms with van der Waals surface area (Å²) >= 11 is 5.98. The smallest absolute Gasteiger partial charge is 0.129 e. The van der Waals surface area contributed by atoms with Crippen LogP contribution in [0, 0.1) is 0 Å². The summed E-state index contributed by atoms with van der Waals surface area (Å²) in [4.78, 5) is 0. The number of oxime groups is 1. The van der Waals surface area contributed by atoms with Gasteiger partial charge in [-0.15, -0.1) is 0 Å². The Labute approximate surface area is 133 Å². The van der Waals surface area contributed by atoms with Gasteiger partial charge in [0.05, 0.1) is 6.21 Å². The molecule has 0 amide bonds. The third-order valence-corrected chi connectivity index (χ3v) is 3.64. The zero-order valence-corrected chi connectivity index (χ0v) is 12.5. The average molecular weight is 312 g/mol. The highest BCUT2D eigenvalue weighted by atomic mass is 35.5. The van der Waals surface area contributed by atoms with Gasteiger partial charge in [0.15, 0.2) is 0 Å². The molecule has 0 atom stereocenters. The van der Waals surface area contributed by atoms with Crippen molar-refractivity contribution in [1.82, 2.24) is 0 Å². The Morgan fingerprint density at radius 1 is 1.05 bits per heavy atom. The highest BCUT2D eigenvalue weighted by Gasteiger charge is 2.07. The number of ether oxygens (including phenoxy) is 1. The first-order valence-corrected chi connectivity index (χ1v) is 7.22. The first-order chi connectivity index (χ1) is 10.8. The van der Waals surface area contributed by atoms with Crippen LogP contribution in [0.4, 0.5) is 0 Å². The maximum Gasteiger partial charge on any atom is 0.129 e. The molecule has 0 saturated heterocycles. The number of hydrogen-bond acceptors (Lipinski definition) is 3. The largest absolute Gasteiger partial charge is 0.488 e. The van der Waals surface area contributed by atoms with Crippen molar-refractivity contribution in [2.75, 3.05) is 0 Å². The minimum atomic E-state index is 0.394. The second-order valence-electron chi connectivity index (χ2n) is 4.86. The molecule has 0 unspecified atom stereocenters. The van der Waals surface area contributed by atoms with E-state index in [1.165, 1.54) is 6.21 Å². The molecule has 4 heteroatoms. The topological polar surface area (TPSA) is 41.8 Å². The van der Waals surface area contributed by atoms with E-state index in [1.54, 1.807) is 0 Å². The molecule has 3 aromatic rings. The third kappa shape index (κ3) is 3.05. The summed E-state index contributed by atoms with van der Waals surface area (Å²) in [6.07, 6.45) is 1.40. The minimum absolute atomic E-state index is 0.394. The van der Waals surface area contributed by atoms with Crippen LogP contribution in [0.5, 0.6) is 5.75 Å². The Kier molecular flexibility index (Phi) is 4.26. The molecule has 0 aliphatic heterocycles. The molecule has 3 nitrogen and oxygen atoms in total. The quantitative estimate of drug-likeness (QED) is 0.424. The van der Waals surface area contributed by atoms with Gasteiger partial charge in [0.2, 0.25) is 0 Å². The number of fused-ring (bicyclic) bond motifs is 1. The summed E-state index contributed by atoms with van der Waals surface area (Å²) in [5.41, 5.74) is 1.73. The molecule has 0 heterocycles. The van der Waals surface area contributed by atoms with Crippen LogP contribution in [0.1, 0.15) is 11.1 Å². The molecule has 110 valence electrons. The van der Waals surface area contributed by atoms with E-state index < -0.39 is 0 Å². The summed E-state index contributed by atoms with van der Waals surface area (Å²) in [7, 11) is 0. The van der Waals surface area contributed by atoms with Crippen molar-refractivity contribution in [2.24, 2.45) is 5.16 Å². The molecule has 22 heavy (non-hydrogen) atoms. The van der Waals surface area contributed by atoms with Crippen LogP contribution in [0.25, 0.3) is 10.8 Å². The average Bonchev–Trinajstić information content (AvgIpc) is 2.54. The molecule has 0 spiro atoms. The van der Waals surface area contributed by atoms with E-state index in [1.807, 2.05) is 60.7 Å². The van der Waals surface area contributed by atoms with Crippen molar-refractivity contribution < 1.29 is 9.94 Å². The first kappa shape index (κ1) is 14.4. The molecule has 0 bridgehead atoms. The molecule has 0 radical (unpaired) electrons. The molecular formula is C18H14ClNO2. The Balaban J connectivity index is 1.94. The van der Waals surface area contributed by atoms with E-state index in [4.69, 9.17) is 21.5 Å². The van der Waals surface area contributed by atoms with E-state index in [-0.39, 0.29) is 0 Å². The van der Waals surface area contributed by atoms with Crippen molar-refractivity contribution in [2.45, 2.75) is 6.61 Å². The second kappa shape index (κ2) is 6.50. The van der Waals surface area contributed by atoms with E-state index in [0.29, 0.717) is 17.4 Å². The van der Waals surface area contributed by atoms with Crippen LogP contribution in [0.3, 0.4) is 0 Å². The highest BCUT2D eigenvalue weighted by molar-refractivity contribution is 6.30. The summed E-state index contributed by atoms with van der Waals surface area (Å²) in [6.45, 7) is 0.394. The molecule has 3 aromatic carbocycles. The van der Waals surface area contributed by atoms with Gasteiger partial charge >= 0.3 is 0 Å². The van der Waals surface area contributed by atoms with Gasteiger partial charge in [0, 0.05) is 10.6 Å². The molecule has 0 aliphatic rings. The van der Waals surface area contributed by atoms with Gasteiger partial charge in [-0.2, -0.15) is 0 Å². The van der Waals surface area contributed by atoms with Gasteiger partial charge in [0.25, 0.3) is 0 Å². The number of halogens is 1. The number of benzene rings is 3. The van der Waals surface area contributed by atoms with Gasteiger partial charge in [0.1, 0.15) is 12.4 Å². The molecular weight excluding hydrogens is 298 g/mol. The lowest BCUT2D eigenvalue weighted by Gasteiger charge is -2.11. The Bertz CT molecular complexity index is 830. The van der Waals surface area contributed by atoms with Gasteiger partial charge in [-0.05, 0) is 34.5 Å². The van der Waals surface area contributed by atoms with Crippen LogP contribution in [0.2, 0.25) is 5.02 Å². The van der Waals surface area contributed by atoms with Gasteiger partial charge in [-0.25, -0.2) is 0 Å². The highest BCUT2D eigenvalue weighted by Crippen LogP contribution is 2.27. The molecule has 0 aromatic heterocycles. The molecule has 0 saturated carbocycles. The Morgan fingerprint density at radius 2 is 1.91 bits per heavy atom. The molecule has 0 fully saturated rings. The second-order valence-corrected chi connectivity index (χ2v) is 5.30. The number of nitrogens with zero attached hydrogens (tertiary/aromatic N) is 1. The van der Waals surface area contributed by atoms with Crippen molar-refractivity contribution in [3.63, 3.8) is 0 Å². The normalized spacial score (nSPS) is 11.1. The fraction of sp³-hybridized carbons (Fsp3) is 0.0556. The van der Waals surface area contributed by atoms with Gasteiger partial charge in [-0.1, -0.05) is 59.2 Å². The van der Waals surface area contributed by atoms with Crippen molar-refractivity contribution >= 4 is 28.6 Å². The zero-order chi connectivity index (χ0) is 15.4. The molecule has 3 rings (SSSR count). The summed E-state index contributed by atoms with van der Waals surface area (Å²) in [5.74, 6) is 0.663. The standard InChI is InChI=1S/C18H14ClNO2/c19-15-6-3-4-13(10-15)12-22-18-9-8-14-5-1-2-7-16(14)17(18)11-20-21/h1-11,21H,12H2/b20-11-.